The molecule has 1 saturated heterocycles. The van der Waals surface area contributed by atoms with Crippen LogP contribution in [-0.2, 0) is 0 Å². The van der Waals surface area contributed by atoms with Gasteiger partial charge in [0.05, 0.1) is 5.69 Å². The van der Waals surface area contributed by atoms with Gasteiger partial charge in [-0.1, -0.05) is 6.92 Å². The summed E-state index contributed by atoms with van der Waals surface area (Å²) in [5.74, 6) is -0.144. The van der Waals surface area contributed by atoms with Crippen LogP contribution in [0.5, 0.6) is 0 Å². The number of likely N-dealkylation sites (N-methyl/N-ethyl adjacent to an activating group) is 1. The van der Waals surface area contributed by atoms with Gasteiger partial charge in [0.15, 0.2) is 5.13 Å². The van der Waals surface area contributed by atoms with E-state index >= 15 is 0 Å². The van der Waals surface area contributed by atoms with E-state index in [0.717, 1.165) is 44.0 Å². The fourth-order valence-corrected chi connectivity index (χ4v) is 4.01. The van der Waals surface area contributed by atoms with Gasteiger partial charge in [0.1, 0.15) is 0 Å². The number of hydrogen-bond donors (Lipinski definition) is 1. The zero-order valence-corrected chi connectivity index (χ0v) is 16.7. The van der Waals surface area contributed by atoms with Crippen LogP contribution in [0.25, 0.3) is 11.3 Å². The summed E-state index contributed by atoms with van der Waals surface area (Å²) in [6, 6.07) is 11.6. The maximum Gasteiger partial charge on any atom is 0.257 e. The van der Waals surface area contributed by atoms with Crippen molar-refractivity contribution in [3.63, 3.8) is 0 Å². The topological polar surface area (TPSA) is 61.4 Å². The summed E-state index contributed by atoms with van der Waals surface area (Å²) in [5.41, 5.74) is 3.55. The van der Waals surface area contributed by atoms with Gasteiger partial charge in [0.2, 0.25) is 0 Å². The number of benzene rings is 1. The Morgan fingerprint density at radius 1 is 1.14 bits per heavy atom. The largest absolute Gasteiger partial charge is 0.369 e. The van der Waals surface area contributed by atoms with Crippen LogP contribution in [0.1, 0.15) is 17.3 Å². The zero-order chi connectivity index (χ0) is 19.3. The highest BCUT2D eigenvalue weighted by atomic mass is 32.1. The highest BCUT2D eigenvalue weighted by Crippen LogP contribution is 2.25. The Bertz CT molecular complexity index is 917. The summed E-state index contributed by atoms with van der Waals surface area (Å²) >= 11 is 1.41. The molecule has 0 radical (unpaired) electrons. The number of piperazine rings is 1. The van der Waals surface area contributed by atoms with Gasteiger partial charge in [-0.3, -0.25) is 15.1 Å². The monoisotopic (exact) mass is 393 g/mol. The molecule has 0 bridgehead atoms. The minimum atomic E-state index is -0.144. The van der Waals surface area contributed by atoms with Crippen molar-refractivity contribution in [2.24, 2.45) is 0 Å². The van der Waals surface area contributed by atoms with Crippen LogP contribution in [0.2, 0.25) is 0 Å². The lowest BCUT2D eigenvalue weighted by Gasteiger charge is -2.35. The molecule has 0 spiro atoms. The number of nitrogens with one attached hydrogen (secondary N) is 1. The van der Waals surface area contributed by atoms with Crippen LogP contribution in [-0.4, -0.2) is 53.5 Å². The van der Waals surface area contributed by atoms with Gasteiger partial charge in [-0.05, 0) is 42.9 Å². The van der Waals surface area contributed by atoms with Crippen LogP contribution >= 0.6 is 11.3 Å². The highest BCUT2D eigenvalue weighted by molar-refractivity contribution is 7.14. The molecule has 1 aliphatic rings. The quantitative estimate of drug-likeness (QED) is 0.718. The molecule has 28 heavy (non-hydrogen) atoms. The second kappa shape index (κ2) is 8.50. The van der Waals surface area contributed by atoms with Crippen LogP contribution < -0.4 is 10.2 Å². The normalized spacial score (nSPS) is 14.8. The molecule has 1 N–H and O–H groups in total. The summed E-state index contributed by atoms with van der Waals surface area (Å²) in [6.45, 7) is 7.52. The van der Waals surface area contributed by atoms with Crippen molar-refractivity contribution < 1.29 is 4.79 Å². The molecule has 0 atom stereocenters. The molecule has 3 heterocycles. The zero-order valence-electron chi connectivity index (χ0n) is 15.8. The molecule has 6 nitrogen and oxygen atoms in total. The first-order valence-corrected chi connectivity index (χ1v) is 10.4. The van der Waals surface area contributed by atoms with Crippen molar-refractivity contribution >= 4 is 28.1 Å². The van der Waals surface area contributed by atoms with E-state index in [1.165, 1.54) is 17.0 Å². The average Bonchev–Trinajstić information content (AvgIpc) is 3.23. The van der Waals surface area contributed by atoms with E-state index in [0.29, 0.717) is 10.7 Å². The average molecular weight is 394 g/mol. The molecule has 3 aromatic rings. The molecule has 4 rings (SSSR count). The molecule has 1 amide bonds. The summed E-state index contributed by atoms with van der Waals surface area (Å²) < 4.78 is 0. The first-order valence-electron chi connectivity index (χ1n) is 9.47. The highest BCUT2D eigenvalue weighted by Gasteiger charge is 2.16. The van der Waals surface area contributed by atoms with E-state index in [9.17, 15) is 4.79 Å². The number of aromatic nitrogens is 2. The third kappa shape index (κ3) is 4.21. The molecule has 1 aromatic carbocycles. The number of carbonyl (C=O) groups excluding carboxylic acids is 1. The van der Waals surface area contributed by atoms with Crippen molar-refractivity contribution in [2.45, 2.75) is 6.92 Å². The fourth-order valence-electron chi connectivity index (χ4n) is 3.29. The van der Waals surface area contributed by atoms with E-state index < -0.39 is 0 Å². The van der Waals surface area contributed by atoms with Crippen molar-refractivity contribution in [2.75, 3.05) is 42.9 Å². The number of rotatable bonds is 5. The van der Waals surface area contributed by atoms with Gasteiger partial charge in [-0.15, -0.1) is 11.3 Å². The predicted octanol–water partition coefficient (Wildman–Crippen LogP) is 3.60. The number of carbonyl (C=O) groups is 1. The molecule has 1 aliphatic heterocycles. The Hall–Kier alpha value is -2.77. The molecule has 144 valence electrons. The van der Waals surface area contributed by atoms with Gasteiger partial charge in [-0.2, -0.15) is 0 Å². The van der Waals surface area contributed by atoms with Crippen LogP contribution in [0.15, 0.2) is 54.2 Å². The molecule has 2 aromatic heterocycles. The first-order chi connectivity index (χ1) is 13.7. The predicted molar refractivity (Wildman–Crippen MR) is 114 cm³/mol. The Labute approximate surface area is 168 Å². The van der Waals surface area contributed by atoms with Crippen molar-refractivity contribution in [3.8, 4) is 11.3 Å². The molecule has 0 saturated carbocycles. The van der Waals surface area contributed by atoms with Crippen LogP contribution in [0.4, 0.5) is 10.8 Å². The van der Waals surface area contributed by atoms with Gasteiger partial charge in [0.25, 0.3) is 5.91 Å². The van der Waals surface area contributed by atoms with Gasteiger partial charge in [-0.25, -0.2) is 4.98 Å². The smallest absolute Gasteiger partial charge is 0.257 e. The van der Waals surface area contributed by atoms with Gasteiger partial charge < -0.3 is 9.80 Å². The lowest BCUT2D eigenvalue weighted by atomic mass is 10.1. The number of thiazole rings is 1. The Kier molecular flexibility index (Phi) is 5.64. The number of amides is 1. The van der Waals surface area contributed by atoms with E-state index in [1.807, 2.05) is 41.8 Å². The van der Waals surface area contributed by atoms with Crippen LogP contribution in [0.3, 0.4) is 0 Å². The number of anilines is 2. The van der Waals surface area contributed by atoms with Crippen molar-refractivity contribution in [3.05, 3.63) is 59.7 Å². The molecule has 0 unspecified atom stereocenters. The van der Waals surface area contributed by atoms with E-state index in [-0.39, 0.29) is 5.91 Å². The maximum absolute atomic E-state index is 12.6. The van der Waals surface area contributed by atoms with Crippen LogP contribution in [0, 0.1) is 0 Å². The molecular formula is C21H23N5OS. The summed E-state index contributed by atoms with van der Waals surface area (Å²) in [4.78, 5) is 26.0. The molecular weight excluding hydrogens is 370 g/mol. The maximum atomic E-state index is 12.6. The van der Waals surface area contributed by atoms with Crippen molar-refractivity contribution in [1.82, 2.24) is 14.9 Å². The fraction of sp³-hybridized carbons (Fsp3) is 0.286. The Balaban J connectivity index is 1.38. The van der Waals surface area contributed by atoms with Crippen molar-refractivity contribution in [1.29, 1.82) is 0 Å². The standard InChI is InChI=1S/C21H23N5OS/c1-2-25-10-12-26(13-11-25)18-7-5-16(6-8-18)20(27)24-21-23-19(15-28-21)17-4-3-9-22-14-17/h3-9,14-15H,2,10-13H2,1H3,(H,23,24,27). The van der Waals surface area contributed by atoms with E-state index in [1.54, 1.807) is 12.4 Å². The number of nitrogens with zero attached hydrogens (tertiary/aromatic N) is 4. The Morgan fingerprint density at radius 3 is 2.61 bits per heavy atom. The van der Waals surface area contributed by atoms with Gasteiger partial charge >= 0.3 is 0 Å². The second-order valence-corrected chi connectivity index (χ2v) is 7.56. The van der Waals surface area contributed by atoms with E-state index in [2.05, 4.69) is 32.0 Å². The molecule has 7 heteroatoms. The Morgan fingerprint density at radius 2 is 1.93 bits per heavy atom. The third-order valence-electron chi connectivity index (χ3n) is 5.00. The minimum Gasteiger partial charge on any atom is -0.369 e. The first kappa shape index (κ1) is 18.6. The lowest BCUT2D eigenvalue weighted by Crippen LogP contribution is -2.46. The summed E-state index contributed by atoms with van der Waals surface area (Å²) in [5, 5.41) is 5.40. The SMILES string of the molecule is CCN1CCN(c2ccc(C(=O)Nc3nc(-c4cccnc4)cs3)cc2)CC1. The third-order valence-corrected chi connectivity index (χ3v) is 5.75. The molecule has 0 aliphatic carbocycles. The minimum absolute atomic E-state index is 0.144. The number of pyridine rings is 1. The summed E-state index contributed by atoms with van der Waals surface area (Å²) in [7, 11) is 0. The lowest BCUT2D eigenvalue weighted by molar-refractivity contribution is 0.102. The molecule has 1 fully saturated rings. The summed E-state index contributed by atoms with van der Waals surface area (Å²) in [6.07, 6.45) is 3.49. The van der Waals surface area contributed by atoms with Gasteiger partial charge in [0, 0.05) is 60.8 Å². The van der Waals surface area contributed by atoms with E-state index in [4.69, 9.17) is 0 Å². The number of hydrogen-bond acceptors (Lipinski definition) is 6. The second-order valence-electron chi connectivity index (χ2n) is 6.70.